The quantitative estimate of drug-likeness (QED) is 0.258. The molecule has 7 rings (SSSR count). The second kappa shape index (κ2) is 13.0. The minimum absolute atomic E-state index is 0.00709. The van der Waals surface area contributed by atoms with Gasteiger partial charge in [-0.2, -0.15) is 0 Å². The molecule has 53 heavy (non-hydrogen) atoms. The van der Waals surface area contributed by atoms with Crippen LogP contribution in [0.5, 0.6) is 0 Å². The maximum atomic E-state index is 14.2. The van der Waals surface area contributed by atoms with Gasteiger partial charge < -0.3 is 14.9 Å². The fraction of sp³-hybridized carbons (Fsp3) is 0.761. The van der Waals surface area contributed by atoms with Crippen molar-refractivity contribution in [2.75, 3.05) is 13.1 Å². The summed E-state index contributed by atoms with van der Waals surface area (Å²) in [6.07, 6.45) is 8.49. The normalized spacial score (nSPS) is 38.7. The van der Waals surface area contributed by atoms with Crippen molar-refractivity contribution in [3.8, 4) is 0 Å². The average molecular weight is 730 g/mol. The van der Waals surface area contributed by atoms with Crippen LogP contribution in [0.2, 0.25) is 0 Å². The Bertz CT molecular complexity index is 1690. The van der Waals surface area contributed by atoms with Crippen LogP contribution in [0.15, 0.2) is 35.4 Å². The highest BCUT2D eigenvalue weighted by molar-refractivity contribution is 6.00. The molecule has 1 aromatic rings. The van der Waals surface area contributed by atoms with E-state index in [2.05, 4.69) is 77.6 Å². The lowest BCUT2D eigenvalue weighted by Gasteiger charge is -2.72. The number of rotatable bonds is 8. The first-order valence-electron chi connectivity index (χ1n) is 20.9. The summed E-state index contributed by atoms with van der Waals surface area (Å²) in [6, 6.07) is 8.68. The third-order valence-corrected chi connectivity index (χ3v) is 17.1. The summed E-state index contributed by atoms with van der Waals surface area (Å²) in [5.74, 6) is 0.169. The van der Waals surface area contributed by atoms with Crippen molar-refractivity contribution < 1.29 is 29.3 Å². The second-order valence-corrected chi connectivity index (χ2v) is 20.8. The second-order valence-electron chi connectivity index (χ2n) is 20.8. The SMILES string of the molecule is CC(C)C1=C2[C@H]3CC[C@@H]4[C@@]5(C)CC[C@H](OC(=O)CC(C)(C)C(=O)O)C(C)(C)C5CC[C@@]4(C)[C@]3(C)CC[C@@]2([C@H](O)CN2CCc3ccccc3C2)CC1=O. The van der Waals surface area contributed by atoms with E-state index in [1.165, 1.54) is 16.7 Å². The third kappa shape index (κ3) is 5.82. The Hall–Kier alpha value is -2.51. The number of nitrogens with zero attached hydrogens (tertiary/aromatic N) is 1. The maximum Gasteiger partial charge on any atom is 0.309 e. The Balaban J connectivity index is 1.16. The minimum Gasteiger partial charge on any atom is -0.481 e. The largest absolute Gasteiger partial charge is 0.481 e. The Morgan fingerprint density at radius 2 is 1.62 bits per heavy atom. The van der Waals surface area contributed by atoms with Crippen LogP contribution in [0.4, 0.5) is 0 Å². The number of fused-ring (bicyclic) bond motifs is 8. The number of allylic oxidation sites excluding steroid dienone is 1. The molecule has 0 radical (unpaired) electrons. The summed E-state index contributed by atoms with van der Waals surface area (Å²) < 4.78 is 6.18. The number of carboxylic acid groups (broad SMARTS) is 1. The number of carbonyl (C=O) groups excluding carboxylic acids is 2. The summed E-state index contributed by atoms with van der Waals surface area (Å²) in [5, 5.41) is 22.1. The molecule has 7 nitrogen and oxygen atoms in total. The molecule has 4 saturated carbocycles. The molecule has 9 atom stereocenters. The van der Waals surface area contributed by atoms with E-state index in [1.807, 2.05) is 0 Å². The Kier molecular flexibility index (Phi) is 9.53. The van der Waals surface area contributed by atoms with Crippen molar-refractivity contribution in [1.82, 2.24) is 4.90 Å². The van der Waals surface area contributed by atoms with Crippen LogP contribution in [0.25, 0.3) is 0 Å². The van der Waals surface area contributed by atoms with Gasteiger partial charge >= 0.3 is 11.9 Å². The fourth-order valence-corrected chi connectivity index (χ4v) is 14.0. The first kappa shape index (κ1) is 38.8. The maximum absolute atomic E-state index is 14.2. The zero-order chi connectivity index (χ0) is 38.5. The van der Waals surface area contributed by atoms with Gasteiger partial charge in [0.2, 0.25) is 0 Å². The van der Waals surface area contributed by atoms with Crippen LogP contribution in [0.1, 0.15) is 138 Å². The van der Waals surface area contributed by atoms with Crippen molar-refractivity contribution in [2.24, 2.45) is 56.2 Å². The molecule has 0 amide bonds. The molecule has 1 aliphatic heterocycles. The van der Waals surface area contributed by atoms with Crippen LogP contribution in [-0.2, 0) is 32.1 Å². The van der Waals surface area contributed by atoms with Crippen LogP contribution in [0, 0.1) is 56.2 Å². The molecular weight excluding hydrogens is 663 g/mol. The number of aliphatic hydroxyl groups is 1. The minimum atomic E-state index is -1.16. The Morgan fingerprint density at radius 1 is 0.925 bits per heavy atom. The molecule has 5 aliphatic carbocycles. The van der Waals surface area contributed by atoms with Gasteiger partial charge in [0.1, 0.15) is 6.10 Å². The first-order chi connectivity index (χ1) is 24.7. The van der Waals surface area contributed by atoms with E-state index in [-0.39, 0.29) is 51.8 Å². The topological polar surface area (TPSA) is 104 Å². The van der Waals surface area contributed by atoms with Gasteiger partial charge in [-0.15, -0.1) is 0 Å². The summed E-state index contributed by atoms with van der Waals surface area (Å²) in [5.41, 5.74) is 3.41. The van der Waals surface area contributed by atoms with Gasteiger partial charge in [0.25, 0.3) is 0 Å². The molecule has 1 heterocycles. The van der Waals surface area contributed by atoms with Crippen molar-refractivity contribution in [2.45, 2.75) is 152 Å². The van der Waals surface area contributed by atoms with E-state index in [0.717, 1.165) is 76.5 Å². The number of aliphatic hydroxyl groups excluding tert-OH is 1. The lowest BCUT2D eigenvalue weighted by molar-refractivity contribution is -0.235. The third-order valence-electron chi connectivity index (χ3n) is 17.1. The van der Waals surface area contributed by atoms with Gasteiger partial charge in [0.05, 0.1) is 17.9 Å². The molecule has 0 saturated heterocycles. The molecule has 0 aromatic heterocycles. The molecule has 4 fully saturated rings. The van der Waals surface area contributed by atoms with Gasteiger partial charge in [-0.05, 0) is 128 Å². The standard InChI is InChI=1S/C46H67NO6/c1-28(2)38-32(48)24-46(35(49)27-47-23-18-29-12-10-11-13-30(29)26-47)22-21-44(8)31(39(38)46)14-15-34-43(7)19-17-36(53-37(50)25-41(3,4)40(51)52)42(5,6)33(43)16-20-45(34,44)9/h10-13,28,31,33-36,49H,14-27H2,1-9H3,(H,51,52)/t31-,33?,34-,35-,36+,43+,44-,45-,46+/m1/s1. The number of aliphatic carboxylic acids is 1. The predicted molar refractivity (Wildman–Crippen MR) is 207 cm³/mol. The van der Waals surface area contributed by atoms with Gasteiger partial charge in [-0.1, -0.05) is 78.3 Å². The van der Waals surface area contributed by atoms with E-state index >= 15 is 0 Å². The van der Waals surface area contributed by atoms with Crippen LogP contribution in [0.3, 0.4) is 0 Å². The summed E-state index contributed by atoms with van der Waals surface area (Å²) in [7, 11) is 0. The van der Waals surface area contributed by atoms with Gasteiger partial charge in [0.15, 0.2) is 5.78 Å². The zero-order valence-corrected chi connectivity index (χ0v) is 34.1. The number of carbonyl (C=O) groups is 3. The number of ketones is 1. The van der Waals surface area contributed by atoms with Gasteiger partial charge in [-0.25, -0.2) is 0 Å². The van der Waals surface area contributed by atoms with E-state index in [9.17, 15) is 24.6 Å². The lowest BCUT2D eigenvalue weighted by Crippen LogP contribution is -2.66. The van der Waals surface area contributed by atoms with Crippen molar-refractivity contribution in [3.63, 3.8) is 0 Å². The molecule has 1 unspecified atom stereocenters. The van der Waals surface area contributed by atoms with Crippen LogP contribution >= 0.6 is 0 Å². The number of benzene rings is 1. The molecule has 2 N–H and O–H groups in total. The number of β-amino-alcohol motifs (C(OH)–C–C–N with tert-alkyl or cyclic N) is 1. The van der Waals surface area contributed by atoms with E-state index in [4.69, 9.17) is 4.74 Å². The van der Waals surface area contributed by atoms with Crippen molar-refractivity contribution >= 4 is 17.7 Å². The van der Waals surface area contributed by atoms with Crippen molar-refractivity contribution in [3.05, 3.63) is 46.5 Å². The van der Waals surface area contributed by atoms with Gasteiger partial charge in [-0.3, -0.25) is 19.3 Å². The summed E-state index contributed by atoms with van der Waals surface area (Å²) in [6.45, 7) is 22.2. The first-order valence-corrected chi connectivity index (χ1v) is 20.9. The molecule has 7 heteroatoms. The summed E-state index contributed by atoms with van der Waals surface area (Å²) >= 11 is 0. The number of esters is 1. The highest BCUT2D eigenvalue weighted by Crippen LogP contribution is 2.77. The lowest BCUT2D eigenvalue weighted by atomic mass is 9.33. The fourth-order valence-electron chi connectivity index (χ4n) is 14.0. The Morgan fingerprint density at radius 3 is 2.30 bits per heavy atom. The molecule has 0 spiro atoms. The number of hydrogen-bond donors (Lipinski definition) is 2. The number of hydrogen-bond acceptors (Lipinski definition) is 6. The molecular formula is C46H67NO6. The monoisotopic (exact) mass is 729 g/mol. The zero-order valence-electron chi connectivity index (χ0n) is 34.1. The highest BCUT2D eigenvalue weighted by Gasteiger charge is 2.71. The highest BCUT2D eigenvalue weighted by atomic mass is 16.5. The molecule has 0 bridgehead atoms. The van der Waals surface area contributed by atoms with E-state index < -0.39 is 28.9 Å². The van der Waals surface area contributed by atoms with Crippen LogP contribution in [-0.4, -0.2) is 58.1 Å². The smallest absolute Gasteiger partial charge is 0.309 e. The summed E-state index contributed by atoms with van der Waals surface area (Å²) in [4.78, 5) is 41.5. The molecule has 292 valence electrons. The number of ether oxygens (including phenoxy) is 1. The number of carboxylic acids is 1. The Labute approximate surface area is 318 Å². The van der Waals surface area contributed by atoms with Crippen molar-refractivity contribution in [1.29, 1.82) is 0 Å². The molecule has 1 aromatic carbocycles. The molecule has 6 aliphatic rings. The van der Waals surface area contributed by atoms with E-state index in [1.54, 1.807) is 13.8 Å². The average Bonchev–Trinajstić information content (AvgIpc) is 3.39. The van der Waals surface area contributed by atoms with Gasteiger partial charge in [0, 0.05) is 36.9 Å². The number of Topliss-reactive ketones (excluding diaryl/α,β-unsaturated/α-hetero) is 1. The predicted octanol–water partition coefficient (Wildman–Crippen LogP) is 8.80. The van der Waals surface area contributed by atoms with E-state index in [0.29, 0.717) is 24.8 Å². The van der Waals surface area contributed by atoms with Crippen LogP contribution < -0.4 is 0 Å².